The highest BCUT2D eigenvalue weighted by atomic mass is 32.2. The van der Waals surface area contributed by atoms with Gasteiger partial charge in [0.1, 0.15) is 12.0 Å². The monoisotopic (exact) mass is 344 g/mol. The standard InChI is InChI=1S/C16H12N2O5S/c17-24(20,21)14-7-3-12(4-8-14)11-1-5-13(6-2-11)23-16(19)15-18-9-10-22-15/h1-10H,(H2,17,20,21). The number of hydrogen-bond donors (Lipinski definition) is 1. The van der Waals surface area contributed by atoms with Crippen molar-refractivity contribution >= 4 is 16.0 Å². The van der Waals surface area contributed by atoms with Gasteiger partial charge in [0.2, 0.25) is 10.0 Å². The lowest BCUT2D eigenvalue weighted by Gasteiger charge is -2.05. The van der Waals surface area contributed by atoms with Gasteiger partial charge in [-0.1, -0.05) is 24.3 Å². The van der Waals surface area contributed by atoms with Crippen LogP contribution in [0.25, 0.3) is 11.1 Å². The number of ether oxygens (including phenoxy) is 1. The van der Waals surface area contributed by atoms with E-state index in [1.165, 1.54) is 24.6 Å². The summed E-state index contributed by atoms with van der Waals surface area (Å²) in [5.41, 5.74) is 1.62. The normalized spacial score (nSPS) is 11.2. The van der Waals surface area contributed by atoms with E-state index in [2.05, 4.69) is 4.98 Å². The highest BCUT2D eigenvalue weighted by molar-refractivity contribution is 7.89. The van der Waals surface area contributed by atoms with Crippen molar-refractivity contribution < 1.29 is 22.4 Å². The highest BCUT2D eigenvalue weighted by Gasteiger charge is 2.13. The number of rotatable bonds is 4. The van der Waals surface area contributed by atoms with Gasteiger partial charge in [-0.15, -0.1) is 0 Å². The average Bonchev–Trinajstić information content (AvgIpc) is 3.09. The first-order chi connectivity index (χ1) is 11.4. The van der Waals surface area contributed by atoms with Crippen LogP contribution < -0.4 is 9.88 Å². The van der Waals surface area contributed by atoms with Gasteiger partial charge >= 0.3 is 11.9 Å². The number of carbonyl (C=O) groups excluding carboxylic acids is 1. The fourth-order valence-electron chi connectivity index (χ4n) is 2.03. The molecule has 0 aliphatic rings. The van der Waals surface area contributed by atoms with Crippen LogP contribution >= 0.6 is 0 Å². The average molecular weight is 344 g/mol. The smallest absolute Gasteiger partial charge is 0.400 e. The summed E-state index contributed by atoms with van der Waals surface area (Å²) >= 11 is 0. The summed E-state index contributed by atoms with van der Waals surface area (Å²) in [6.07, 6.45) is 2.63. The molecule has 0 aliphatic carbocycles. The zero-order chi connectivity index (χ0) is 17.2. The third-order valence-electron chi connectivity index (χ3n) is 3.19. The predicted molar refractivity (Wildman–Crippen MR) is 84.7 cm³/mol. The molecule has 3 rings (SSSR count). The number of primary sulfonamides is 1. The van der Waals surface area contributed by atoms with E-state index in [1.807, 2.05) is 0 Å². The van der Waals surface area contributed by atoms with Gasteiger partial charge in [-0.25, -0.2) is 23.3 Å². The third-order valence-corrected chi connectivity index (χ3v) is 4.12. The lowest BCUT2D eigenvalue weighted by Crippen LogP contribution is -2.11. The summed E-state index contributed by atoms with van der Waals surface area (Å²) in [6.45, 7) is 0. The van der Waals surface area contributed by atoms with Crippen LogP contribution in [-0.4, -0.2) is 19.4 Å². The zero-order valence-corrected chi connectivity index (χ0v) is 13.1. The lowest BCUT2D eigenvalue weighted by molar-refractivity contribution is 0.0693. The summed E-state index contributed by atoms with van der Waals surface area (Å²) in [4.78, 5) is 15.5. The molecule has 7 nitrogen and oxygen atoms in total. The van der Waals surface area contributed by atoms with E-state index >= 15 is 0 Å². The molecule has 2 aromatic carbocycles. The Morgan fingerprint density at radius 3 is 2.08 bits per heavy atom. The number of oxazole rings is 1. The van der Waals surface area contributed by atoms with Crippen molar-refractivity contribution in [1.29, 1.82) is 0 Å². The Labute approximate surface area is 137 Å². The SMILES string of the molecule is NS(=O)(=O)c1ccc(-c2ccc(OC(=O)c3ncco3)cc2)cc1. The van der Waals surface area contributed by atoms with Crippen molar-refractivity contribution in [3.05, 3.63) is 66.9 Å². The summed E-state index contributed by atoms with van der Waals surface area (Å²) in [7, 11) is -3.72. The van der Waals surface area contributed by atoms with Gasteiger partial charge in [0, 0.05) is 0 Å². The molecule has 0 saturated heterocycles. The van der Waals surface area contributed by atoms with E-state index in [4.69, 9.17) is 14.3 Å². The second kappa shape index (κ2) is 6.26. The second-order valence-corrected chi connectivity index (χ2v) is 6.38. The van der Waals surface area contributed by atoms with Crippen molar-refractivity contribution in [2.45, 2.75) is 4.90 Å². The molecule has 3 aromatic rings. The van der Waals surface area contributed by atoms with Crippen LogP contribution in [0, 0.1) is 0 Å². The molecule has 0 amide bonds. The molecule has 122 valence electrons. The van der Waals surface area contributed by atoms with E-state index in [9.17, 15) is 13.2 Å². The molecule has 0 radical (unpaired) electrons. The van der Waals surface area contributed by atoms with Gasteiger partial charge < -0.3 is 9.15 Å². The largest absolute Gasteiger partial charge is 0.440 e. The molecule has 1 aromatic heterocycles. The van der Waals surface area contributed by atoms with Gasteiger partial charge in [-0.3, -0.25) is 0 Å². The van der Waals surface area contributed by atoms with Crippen LogP contribution in [0.5, 0.6) is 5.75 Å². The molecule has 1 heterocycles. The number of nitrogens with two attached hydrogens (primary N) is 1. The molecule has 0 fully saturated rings. The minimum absolute atomic E-state index is 0.0442. The molecule has 8 heteroatoms. The quantitative estimate of drug-likeness (QED) is 0.573. The van der Waals surface area contributed by atoms with Crippen LogP contribution in [0.15, 0.2) is 70.3 Å². The van der Waals surface area contributed by atoms with Crippen LogP contribution in [0.2, 0.25) is 0 Å². The number of hydrogen-bond acceptors (Lipinski definition) is 6. The topological polar surface area (TPSA) is 112 Å². The van der Waals surface area contributed by atoms with Crippen LogP contribution in [0.1, 0.15) is 10.7 Å². The van der Waals surface area contributed by atoms with Crippen molar-refractivity contribution in [1.82, 2.24) is 4.98 Å². The second-order valence-electron chi connectivity index (χ2n) is 4.82. The molecule has 2 N–H and O–H groups in total. The Hall–Kier alpha value is -2.97. The van der Waals surface area contributed by atoms with Gasteiger partial charge in [-0.2, -0.15) is 0 Å². The van der Waals surface area contributed by atoms with Crippen LogP contribution in [0.4, 0.5) is 0 Å². The molecular weight excluding hydrogens is 332 g/mol. The van der Waals surface area contributed by atoms with Crippen molar-refractivity contribution in [3.63, 3.8) is 0 Å². The van der Waals surface area contributed by atoms with E-state index in [0.29, 0.717) is 5.75 Å². The minimum atomic E-state index is -3.72. The van der Waals surface area contributed by atoms with Gasteiger partial charge in [0.15, 0.2) is 0 Å². The van der Waals surface area contributed by atoms with Crippen LogP contribution in [0.3, 0.4) is 0 Å². The maximum absolute atomic E-state index is 11.7. The fourth-order valence-corrected chi connectivity index (χ4v) is 2.54. The number of nitrogens with zero attached hydrogens (tertiary/aromatic N) is 1. The fraction of sp³-hybridized carbons (Fsp3) is 0. The Morgan fingerprint density at radius 1 is 1.00 bits per heavy atom. The van der Waals surface area contributed by atoms with E-state index in [0.717, 1.165) is 11.1 Å². The van der Waals surface area contributed by atoms with Crippen molar-refractivity contribution in [2.24, 2.45) is 5.14 Å². The van der Waals surface area contributed by atoms with Crippen molar-refractivity contribution in [3.8, 4) is 16.9 Å². The first kappa shape index (κ1) is 15.9. The first-order valence-corrected chi connectivity index (χ1v) is 8.33. The number of esters is 1. The van der Waals surface area contributed by atoms with E-state index < -0.39 is 16.0 Å². The first-order valence-electron chi connectivity index (χ1n) is 6.78. The maximum Gasteiger partial charge on any atom is 0.400 e. The molecule has 0 atom stereocenters. The lowest BCUT2D eigenvalue weighted by atomic mass is 10.1. The molecule has 0 bridgehead atoms. The Balaban J connectivity index is 1.76. The Kier molecular flexibility index (Phi) is 4.15. The summed E-state index contributed by atoms with van der Waals surface area (Å²) in [5.74, 6) is -0.481. The molecule has 24 heavy (non-hydrogen) atoms. The van der Waals surface area contributed by atoms with E-state index in [1.54, 1.807) is 36.4 Å². The molecule has 0 spiro atoms. The Morgan fingerprint density at radius 2 is 1.58 bits per heavy atom. The van der Waals surface area contributed by atoms with Crippen LogP contribution in [-0.2, 0) is 10.0 Å². The van der Waals surface area contributed by atoms with Gasteiger partial charge in [-0.05, 0) is 35.4 Å². The van der Waals surface area contributed by atoms with Crippen molar-refractivity contribution in [2.75, 3.05) is 0 Å². The molecule has 0 saturated carbocycles. The van der Waals surface area contributed by atoms with E-state index in [-0.39, 0.29) is 10.8 Å². The molecule has 0 aliphatic heterocycles. The zero-order valence-electron chi connectivity index (χ0n) is 12.2. The van der Waals surface area contributed by atoms with Gasteiger partial charge in [0.05, 0.1) is 11.1 Å². The summed E-state index contributed by atoms with van der Waals surface area (Å²) in [6, 6.07) is 12.9. The van der Waals surface area contributed by atoms with Gasteiger partial charge in [0.25, 0.3) is 0 Å². The number of carbonyl (C=O) groups is 1. The number of benzene rings is 2. The third kappa shape index (κ3) is 3.50. The number of aromatic nitrogens is 1. The highest BCUT2D eigenvalue weighted by Crippen LogP contribution is 2.24. The summed E-state index contributed by atoms with van der Waals surface area (Å²) < 4.78 is 32.5. The maximum atomic E-state index is 11.7. The molecular formula is C16H12N2O5S. The minimum Gasteiger partial charge on any atom is -0.440 e. The number of sulfonamides is 1. The Bertz CT molecular complexity index is 947. The summed E-state index contributed by atoms with van der Waals surface area (Å²) in [5, 5.41) is 5.06. The predicted octanol–water partition coefficient (Wildman–Crippen LogP) is 2.21. The molecule has 0 unspecified atom stereocenters.